The molecule has 0 aromatic heterocycles. The van der Waals surface area contributed by atoms with E-state index in [2.05, 4.69) is 32.8 Å². The standard InChI is InChI=1S/C16H24N3O2.C15H22N3O3.Cu/c1-15(2,20)13-7-5-11(18-13)10(9-17)12-6-8-14(19-12)16(3,4)21;1-14(2,19)12-6-4-10(17-12)9(8-16)11-5-7-13(18-11)15(3,20)21;/h13-14,20-21H,5-8H2,1-4H3;12-13,19-21H,4-7H2,1-3H3;/q2*-1;+2/b11-10-;10-9-;/t13-,14-;12-,13-;/m00./s1. The predicted molar refractivity (Wildman–Crippen MR) is 161 cm³/mol. The van der Waals surface area contributed by atoms with Gasteiger partial charge in [0.25, 0.3) is 0 Å². The average Bonchev–Trinajstić information content (AvgIpc) is 3.65. The van der Waals surface area contributed by atoms with E-state index in [4.69, 9.17) is 0 Å². The van der Waals surface area contributed by atoms with Crippen LogP contribution < -0.4 is 0 Å². The molecule has 0 amide bonds. The van der Waals surface area contributed by atoms with Crippen molar-refractivity contribution in [1.29, 1.82) is 10.5 Å². The first kappa shape index (κ1) is 36.9. The molecule has 4 aliphatic heterocycles. The summed E-state index contributed by atoms with van der Waals surface area (Å²) >= 11 is 0. The normalized spacial score (nSPS) is 28.2. The maximum atomic E-state index is 10.0. The third kappa shape index (κ3) is 9.36. The second-order valence-electron chi connectivity index (χ2n) is 13.5. The van der Waals surface area contributed by atoms with Gasteiger partial charge in [-0.3, -0.25) is 9.98 Å². The van der Waals surface area contributed by atoms with Gasteiger partial charge in [0.05, 0.1) is 46.4 Å². The smallest absolute Gasteiger partial charge is 0.682 e. The van der Waals surface area contributed by atoms with Gasteiger partial charge >= 0.3 is 17.1 Å². The number of aliphatic hydroxyl groups is 5. The van der Waals surface area contributed by atoms with Crippen molar-refractivity contribution in [3.63, 3.8) is 0 Å². The zero-order chi connectivity index (χ0) is 31.7. The van der Waals surface area contributed by atoms with Crippen LogP contribution >= 0.6 is 0 Å². The molecule has 11 nitrogen and oxygen atoms in total. The van der Waals surface area contributed by atoms with Crippen molar-refractivity contribution in [3.05, 3.63) is 33.2 Å². The molecule has 241 valence electrons. The number of nitriles is 2. The third-order valence-electron chi connectivity index (χ3n) is 8.32. The topological polar surface area (TPSA) is 202 Å². The van der Waals surface area contributed by atoms with Gasteiger partial charge in [-0.05, 0) is 87.0 Å². The van der Waals surface area contributed by atoms with E-state index in [1.807, 2.05) is 0 Å². The van der Waals surface area contributed by atoms with Gasteiger partial charge < -0.3 is 36.2 Å². The molecule has 5 N–H and O–H groups in total. The van der Waals surface area contributed by atoms with Gasteiger partial charge in [0, 0.05) is 11.2 Å². The van der Waals surface area contributed by atoms with E-state index in [-0.39, 0.29) is 35.2 Å². The van der Waals surface area contributed by atoms with Crippen LogP contribution in [0.2, 0.25) is 0 Å². The minimum atomic E-state index is -1.87. The Morgan fingerprint density at radius 3 is 1.26 bits per heavy atom. The van der Waals surface area contributed by atoms with E-state index in [0.29, 0.717) is 61.1 Å². The van der Waals surface area contributed by atoms with Gasteiger partial charge in [-0.15, -0.1) is 11.4 Å². The predicted octanol–water partition coefficient (Wildman–Crippen LogP) is 3.82. The SMILES string of the molecule is CC(C)(O)[C@@H]1CC/C(=C(\C#N)C2=N[C@H](C(C)(O)O)CC2)[N-]1.CC(C)(O)[C@@H]1CCC(/C(C#N)=C2/CC[C@@H](C(C)(C)O)[N-]2)=N1.[Cu+2]. The van der Waals surface area contributed by atoms with Gasteiger partial charge in [-0.2, -0.15) is 10.5 Å². The molecule has 43 heavy (non-hydrogen) atoms. The molecule has 2 fully saturated rings. The Bertz CT molecular complexity index is 1140. The van der Waals surface area contributed by atoms with Gasteiger partial charge in [-0.25, -0.2) is 0 Å². The van der Waals surface area contributed by atoms with Crippen molar-refractivity contribution in [2.45, 2.75) is 147 Å². The van der Waals surface area contributed by atoms with E-state index >= 15 is 0 Å². The van der Waals surface area contributed by atoms with Crippen molar-refractivity contribution in [2.75, 3.05) is 0 Å². The minimum Gasteiger partial charge on any atom is -0.682 e. The zero-order valence-corrected chi connectivity index (χ0v) is 27.1. The summed E-state index contributed by atoms with van der Waals surface area (Å²) in [6, 6.07) is 3.21. The molecule has 12 heteroatoms. The van der Waals surface area contributed by atoms with Crippen LogP contribution in [0.1, 0.15) is 99.8 Å². The van der Waals surface area contributed by atoms with Crippen LogP contribution in [0.4, 0.5) is 0 Å². The van der Waals surface area contributed by atoms with Crippen molar-refractivity contribution in [1.82, 2.24) is 0 Å². The average molecular weight is 646 g/mol. The Morgan fingerprint density at radius 1 is 0.628 bits per heavy atom. The van der Waals surface area contributed by atoms with E-state index < -0.39 is 28.6 Å². The monoisotopic (exact) mass is 645 g/mol. The first-order valence-corrected chi connectivity index (χ1v) is 14.7. The summed E-state index contributed by atoms with van der Waals surface area (Å²) in [5.74, 6) is -1.87. The number of aliphatic imine (C=N–C) groups is 2. The van der Waals surface area contributed by atoms with Crippen LogP contribution in [0, 0.1) is 22.7 Å². The molecular weight excluding hydrogens is 600 g/mol. The second-order valence-corrected chi connectivity index (χ2v) is 13.5. The molecule has 4 heterocycles. The molecule has 1 radical (unpaired) electrons. The number of allylic oxidation sites excluding steroid dienone is 4. The van der Waals surface area contributed by atoms with Crippen LogP contribution in [0.25, 0.3) is 10.6 Å². The van der Waals surface area contributed by atoms with Crippen molar-refractivity contribution >= 4 is 11.4 Å². The number of hydrogen-bond donors (Lipinski definition) is 5. The van der Waals surface area contributed by atoms with E-state index in [0.717, 1.165) is 24.3 Å². The molecule has 0 aromatic rings. The molecule has 0 bridgehead atoms. The molecule has 0 aliphatic carbocycles. The molecule has 0 aromatic carbocycles. The van der Waals surface area contributed by atoms with E-state index in [1.165, 1.54) is 6.92 Å². The summed E-state index contributed by atoms with van der Waals surface area (Å²) in [5.41, 5.74) is 1.08. The van der Waals surface area contributed by atoms with Crippen LogP contribution in [-0.2, 0) is 17.1 Å². The molecule has 4 rings (SSSR count). The minimum absolute atomic E-state index is 0. The number of nitrogens with zero attached hydrogens (tertiary/aromatic N) is 6. The maximum Gasteiger partial charge on any atom is 2.00 e. The van der Waals surface area contributed by atoms with Crippen LogP contribution in [0.15, 0.2) is 32.5 Å². The maximum absolute atomic E-state index is 10.0. The number of hydrogen-bond acceptors (Lipinski definition) is 9. The largest absolute Gasteiger partial charge is 2.00 e. The van der Waals surface area contributed by atoms with Gasteiger partial charge in [0.1, 0.15) is 6.04 Å². The first-order chi connectivity index (χ1) is 19.3. The van der Waals surface area contributed by atoms with Crippen LogP contribution in [-0.4, -0.2) is 83.7 Å². The summed E-state index contributed by atoms with van der Waals surface area (Å²) in [6.07, 6.45) is 5.30. The van der Waals surface area contributed by atoms with Gasteiger partial charge in [-0.1, -0.05) is 24.9 Å². The fourth-order valence-corrected chi connectivity index (χ4v) is 5.64. The first-order valence-electron chi connectivity index (χ1n) is 14.7. The molecule has 0 unspecified atom stereocenters. The quantitative estimate of drug-likeness (QED) is 0.164. The molecule has 4 aliphatic rings. The summed E-state index contributed by atoms with van der Waals surface area (Å²) < 4.78 is 0. The summed E-state index contributed by atoms with van der Waals surface area (Å²) in [4.78, 5) is 8.80. The van der Waals surface area contributed by atoms with Crippen LogP contribution in [0.5, 0.6) is 0 Å². The molecular formula is C31H46CuN6O5. The fourth-order valence-electron chi connectivity index (χ4n) is 5.64. The van der Waals surface area contributed by atoms with E-state index in [9.17, 15) is 36.1 Å². The van der Waals surface area contributed by atoms with Crippen molar-refractivity contribution in [3.8, 4) is 12.1 Å². The Morgan fingerprint density at radius 2 is 1.00 bits per heavy atom. The number of rotatable bonds is 6. The Hall–Kier alpha value is -2.28. The molecule has 0 saturated carbocycles. The molecule has 2 saturated heterocycles. The van der Waals surface area contributed by atoms with Crippen LogP contribution in [0.3, 0.4) is 0 Å². The summed E-state index contributed by atoms with van der Waals surface area (Å²) in [7, 11) is 0. The third-order valence-corrected chi connectivity index (χ3v) is 8.32. The Kier molecular flexibility index (Phi) is 11.8. The Labute approximate surface area is 266 Å². The van der Waals surface area contributed by atoms with Crippen molar-refractivity contribution < 1.29 is 42.6 Å². The Balaban J connectivity index is 0.000000293. The van der Waals surface area contributed by atoms with Gasteiger partial charge in [0.2, 0.25) is 0 Å². The molecule has 4 atom stereocenters. The molecule has 0 spiro atoms. The fraction of sp³-hybridized carbons (Fsp3) is 0.742. The summed E-state index contributed by atoms with van der Waals surface area (Å²) in [5, 5.41) is 77.1. The van der Waals surface area contributed by atoms with Crippen molar-refractivity contribution in [2.24, 2.45) is 9.98 Å². The zero-order valence-electron chi connectivity index (χ0n) is 26.2. The van der Waals surface area contributed by atoms with Gasteiger partial charge in [0.15, 0.2) is 5.79 Å². The van der Waals surface area contributed by atoms with E-state index in [1.54, 1.807) is 41.5 Å². The summed E-state index contributed by atoms with van der Waals surface area (Å²) in [6.45, 7) is 11.7. The second kappa shape index (κ2) is 13.8.